The van der Waals surface area contributed by atoms with Gasteiger partial charge in [-0.25, -0.2) is 8.42 Å². The van der Waals surface area contributed by atoms with Gasteiger partial charge in [0.2, 0.25) is 10.0 Å². The molecule has 1 aliphatic rings. The van der Waals surface area contributed by atoms with Crippen LogP contribution in [-0.2, 0) is 16.6 Å². The predicted octanol–water partition coefficient (Wildman–Crippen LogP) is 3.61. The Hall–Kier alpha value is -2.17. The zero-order valence-electron chi connectivity index (χ0n) is 14.1. The highest BCUT2D eigenvalue weighted by Gasteiger charge is 2.28. The fraction of sp³-hybridized carbons (Fsp3) is 0.263. The number of nitrogens with zero attached hydrogens (tertiary/aromatic N) is 1. The first kappa shape index (κ1) is 18.6. The van der Waals surface area contributed by atoms with Crippen LogP contribution < -0.4 is 14.4 Å². The molecule has 0 atom stereocenters. The first-order chi connectivity index (χ1) is 12.5. The smallest absolute Gasteiger partial charge is 0.235 e. The number of sulfonamides is 1. The maximum Gasteiger partial charge on any atom is 0.235 e. The van der Waals surface area contributed by atoms with E-state index in [2.05, 4.69) is 27.2 Å². The highest BCUT2D eigenvalue weighted by molar-refractivity contribution is 9.10. The van der Waals surface area contributed by atoms with E-state index in [0.29, 0.717) is 25.2 Å². The second-order valence-corrected chi connectivity index (χ2v) is 8.82. The molecule has 2 aromatic carbocycles. The van der Waals surface area contributed by atoms with E-state index in [1.807, 2.05) is 42.5 Å². The fourth-order valence-electron chi connectivity index (χ4n) is 2.84. The Morgan fingerprint density at radius 3 is 2.85 bits per heavy atom. The molecular weight excluding hydrogens is 416 g/mol. The molecule has 0 saturated carbocycles. The van der Waals surface area contributed by atoms with E-state index in [9.17, 15) is 8.42 Å². The van der Waals surface area contributed by atoms with Crippen LogP contribution in [0.1, 0.15) is 12.0 Å². The maximum absolute atomic E-state index is 12.1. The van der Waals surface area contributed by atoms with E-state index in [-0.39, 0.29) is 12.4 Å². The molecule has 1 fully saturated rings. The summed E-state index contributed by atoms with van der Waals surface area (Å²) in [6, 6.07) is 13.2. The van der Waals surface area contributed by atoms with Gasteiger partial charge in [-0.3, -0.25) is 4.31 Å². The van der Waals surface area contributed by atoms with Crippen molar-refractivity contribution in [3.63, 3.8) is 0 Å². The van der Waals surface area contributed by atoms with Crippen LogP contribution in [0.15, 0.2) is 46.9 Å². The summed E-state index contributed by atoms with van der Waals surface area (Å²) in [4.78, 5) is 0. The van der Waals surface area contributed by atoms with E-state index < -0.39 is 10.0 Å². The molecule has 3 rings (SSSR count). The summed E-state index contributed by atoms with van der Waals surface area (Å²) in [5, 5.41) is 3.32. The lowest BCUT2D eigenvalue weighted by Crippen LogP contribution is -2.25. The largest absolute Gasteiger partial charge is 0.481 e. The zero-order valence-corrected chi connectivity index (χ0v) is 16.5. The summed E-state index contributed by atoms with van der Waals surface area (Å²) in [6.45, 7) is 1.26. The molecule has 1 aliphatic heterocycles. The molecule has 0 aliphatic carbocycles. The summed E-state index contributed by atoms with van der Waals surface area (Å²) in [5.74, 6) is 3.39. The molecular formula is C19H19BrN2O3S. The van der Waals surface area contributed by atoms with E-state index in [0.717, 1.165) is 21.5 Å². The standard InChI is InChI=1S/C19H19BrN2O3S/c1-2-10-25-19-8-7-16(20)12-15(19)14-21-17-5-3-6-18(13-17)22-9-4-11-26(22,23)24/h1,3,5-8,12-13,21H,4,9-11,14H2. The molecule has 1 N–H and O–H groups in total. The Morgan fingerprint density at radius 1 is 1.27 bits per heavy atom. The Balaban J connectivity index is 1.76. The Bertz CT molecular complexity index is 938. The van der Waals surface area contributed by atoms with Crippen LogP contribution in [0.4, 0.5) is 11.4 Å². The highest BCUT2D eigenvalue weighted by atomic mass is 79.9. The van der Waals surface area contributed by atoms with Gasteiger partial charge in [0.15, 0.2) is 0 Å². The van der Waals surface area contributed by atoms with Gasteiger partial charge >= 0.3 is 0 Å². The summed E-state index contributed by atoms with van der Waals surface area (Å²) in [6.07, 6.45) is 5.93. The number of rotatable bonds is 6. The molecule has 136 valence electrons. The second kappa shape index (κ2) is 8.02. The molecule has 0 amide bonds. The fourth-order valence-corrected chi connectivity index (χ4v) is 4.81. The number of nitrogens with one attached hydrogen (secondary N) is 1. The number of hydrogen-bond acceptors (Lipinski definition) is 4. The third kappa shape index (κ3) is 4.32. The monoisotopic (exact) mass is 434 g/mol. The van der Waals surface area contributed by atoms with Gasteiger partial charge in [0, 0.05) is 28.8 Å². The number of terminal acetylenes is 1. The highest BCUT2D eigenvalue weighted by Crippen LogP contribution is 2.28. The van der Waals surface area contributed by atoms with Crippen molar-refractivity contribution in [2.75, 3.05) is 28.5 Å². The van der Waals surface area contributed by atoms with E-state index >= 15 is 0 Å². The lowest BCUT2D eigenvalue weighted by atomic mass is 10.2. The van der Waals surface area contributed by atoms with Crippen LogP contribution >= 0.6 is 15.9 Å². The molecule has 1 saturated heterocycles. The molecule has 0 bridgehead atoms. The van der Waals surface area contributed by atoms with Crippen molar-refractivity contribution in [3.05, 3.63) is 52.5 Å². The van der Waals surface area contributed by atoms with Gasteiger partial charge in [0.05, 0.1) is 11.4 Å². The van der Waals surface area contributed by atoms with E-state index in [1.54, 1.807) is 0 Å². The first-order valence-electron chi connectivity index (χ1n) is 8.18. The summed E-state index contributed by atoms with van der Waals surface area (Å²) < 4.78 is 32.2. The molecule has 5 nitrogen and oxygen atoms in total. The topological polar surface area (TPSA) is 58.6 Å². The average Bonchev–Trinajstić information content (AvgIpc) is 2.98. The second-order valence-electron chi connectivity index (χ2n) is 5.89. The van der Waals surface area contributed by atoms with E-state index in [1.165, 1.54) is 4.31 Å². The minimum Gasteiger partial charge on any atom is -0.481 e. The molecule has 7 heteroatoms. The summed E-state index contributed by atoms with van der Waals surface area (Å²) in [5.41, 5.74) is 2.48. The Morgan fingerprint density at radius 2 is 2.12 bits per heavy atom. The SMILES string of the molecule is C#CCOc1ccc(Br)cc1CNc1cccc(N2CCCS2(=O)=O)c1. The Kier molecular flexibility index (Phi) is 5.74. The van der Waals surface area contributed by atoms with Gasteiger partial charge in [0.1, 0.15) is 12.4 Å². The van der Waals surface area contributed by atoms with Crippen molar-refractivity contribution < 1.29 is 13.2 Å². The van der Waals surface area contributed by atoms with Crippen molar-refractivity contribution >= 4 is 37.3 Å². The molecule has 1 heterocycles. The van der Waals surface area contributed by atoms with Crippen LogP contribution in [0.2, 0.25) is 0 Å². The van der Waals surface area contributed by atoms with E-state index in [4.69, 9.17) is 11.2 Å². The number of halogens is 1. The normalized spacial score (nSPS) is 15.5. The number of anilines is 2. The summed E-state index contributed by atoms with van der Waals surface area (Å²) >= 11 is 3.46. The molecule has 0 aromatic heterocycles. The minimum atomic E-state index is -3.19. The van der Waals surface area contributed by atoms with Gasteiger partial charge in [-0.05, 0) is 42.8 Å². The quantitative estimate of drug-likeness (QED) is 0.705. The van der Waals surface area contributed by atoms with Crippen molar-refractivity contribution in [1.29, 1.82) is 0 Å². The van der Waals surface area contributed by atoms with Crippen LogP contribution in [0, 0.1) is 12.3 Å². The Labute approximate surface area is 162 Å². The van der Waals surface area contributed by atoms with Crippen LogP contribution in [-0.4, -0.2) is 27.3 Å². The van der Waals surface area contributed by atoms with Crippen molar-refractivity contribution in [2.24, 2.45) is 0 Å². The van der Waals surface area contributed by atoms with Crippen LogP contribution in [0.3, 0.4) is 0 Å². The lowest BCUT2D eigenvalue weighted by Gasteiger charge is -2.18. The van der Waals surface area contributed by atoms with Crippen molar-refractivity contribution in [3.8, 4) is 18.1 Å². The minimum absolute atomic E-state index is 0.205. The molecule has 0 unspecified atom stereocenters. The molecule has 0 spiro atoms. The first-order valence-corrected chi connectivity index (χ1v) is 10.6. The molecule has 26 heavy (non-hydrogen) atoms. The van der Waals surface area contributed by atoms with Gasteiger partial charge in [-0.15, -0.1) is 6.42 Å². The average molecular weight is 435 g/mol. The van der Waals surface area contributed by atoms with Crippen LogP contribution in [0.25, 0.3) is 0 Å². The third-order valence-electron chi connectivity index (χ3n) is 4.05. The van der Waals surface area contributed by atoms with Gasteiger partial charge in [-0.2, -0.15) is 0 Å². The van der Waals surface area contributed by atoms with Crippen molar-refractivity contribution in [2.45, 2.75) is 13.0 Å². The number of ether oxygens (including phenoxy) is 1. The van der Waals surface area contributed by atoms with Gasteiger partial charge < -0.3 is 10.1 Å². The van der Waals surface area contributed by atoms with Gasteiger partial charge in [-0.1, -0.05) is 27.9 Å². The zero-order chi connectivity index (χ0) is 18.6. The van der Waals surface area contributed by atoms with Crippen LogP contribution in [0.5, 0.6) is 5.75 Å². The molecule has 0 radical (unpaired) electrons. The number of hydrogen-bond donors (Lipinski definition) is 1. The number of benzene rings is 2. The molecule has 2 aromatic rings. The van der Waals surface area contributed by atoms with Gasteiger partial charge in [0.25, 0.3) is 0 Å². The summed E-state index contributed by atoms with van der Waals surface area (Å²) in [7, 11) is -3.19. The lowest BCUT2D eigenvalue weighted by molar-refractivity contribution is 0.366. The maximum atomic E-state index is 12.1. The van der Waals surface area contributed by atoms with Crippen molar-refractivity contribution in [1.82, 2.24) is 0 Å². The predicted molar refractivity (Wildman–Crippen MR) is 108 cm³/mol. The third-order valence-corrected chi connectivity index (χ3v) is 6.41.